The summed E-state index contributed by atoms with van der Waals surface area (Å²) in [6.07, 6.45) is -2.08. The summed E-state index contributed by atoms with van der Waals surface area (Å²) in [4.78, 5) is 22.1. The number of carbonyl (C=O) groups is 1. The first-order valence-corrected chi connectivity index (χ1v) is 6.89. The van der Waals surface area contributed by atoms with Gasteiger partial charge in [-0.3, -0.25) is 4.79 Å². The number of nitrogens with two attached hydrogens (primary N) is 2. The zero-order chi connectivity index (χ0) is 17.4. The van der Waals surface area contributed by atoms with Gasteiger partial charge in [0.2, 0.25) is 0 Å². The Kier molecular flexibility index (Phi) is 3.95. The second-order valence-corrected chi connectivity index (χ2v) is 5.23. The van der Waals surface area contributed by atoms with E-state index >= 15 is 0 Å². The Morgan fingerprint density at radius 2 is 2.21 bits per heavy atom. The van der Waals surface area contributed by atoms with Crippen LogP contribution in [-0.4, -0.2) is 55.5 Å². The molecule has 0 radical (unpaired) electrons. The van der Waals surface area contributed by atoms with Gasteiger partial charge in [0.25, 0.3) is 5.91 Å². The lowest BCUT2D eigenvalue weighted by Crippen LogP contribution is -2.32. The molecule has 24 heavy (non-hydrogen) atoms. The van der Waals surface area contributed by atoms with E-state index in [1.807, 2.05) is 0 Å². The molecule has 1 aliphatic heterocycles. The Labute approximate surface area is 134 Å². The van der Waals surface area contributed by atoms with Crippen LogP contribution in [0.25, 0.3) is 21.5 Å². The maximum atomic E-state index is 11.6. The van der Waals surface area contributed by atoms with E-state index in [0.717, 1.165) is 0 Å². The summed E-state index contributed by atoms with van der Waals surface area (Å²) >= 11 is 0. The number of primary amides is 1. The number of nitrogens with zero attached hydrogens (tertiary/aromatic N) is 6. The molecule has 1 aliphatic rings. The van der Waals surface area contributed by atoms with E-state index in [1.165, 1.54) is 17.1 Å². The quantitative estimate of drug-likeness (QED) is 0.313. The lowest BCUT2D eigenvalue weighted by atomic mass is 10.1. The van der Waals surface area contributed by atoms with Crippen molar-refractivity contribution in [1.82, 2.24) is 14.5 Å². The summed E-state index contributed by atoms with van der Waals surface area (Å²) in [6, 6.07) is 0. The number of fused-ring (bicyclic) bond motifs is 1. The van der Waals surface area contributed by atoms with Crippen molar-refractivity contribution >= 4 is 22.8 Å². The van der Waals surface area contributed by atoms with Gasteiger partial charge in [-0.2, -0.15) is 0 Å². The lowest BCUT2D eigenvalue weighted by molar-refractivity contribution is -0.0318. The summed E-state index contributed by atoms with van der Waals surface area (Å²) in [5.41, 5.74) is 19.8. The Hall–Kier alpha value is -2.92. The van der Waals surface area contributed by atoms with Crippen molar-refractivity contribution in [2.75, 3.05) is 12.3 Å². The summed E-state index contributed by atoms with van der Waals surface area (Å²) in [7, 11) is 0. The van der Waals surface area contributed by atoms with Crippen LogP contribution in [-0.2, 0) is 4.74 Å². The third-order valence-electron chi connectivity index (χ3n) is 3.84. The van der Waals surface area contributed by atoms with E-state index < -0.39 is 30.4 Å². The maximum Gasteiger partial charge on any atom is 0.251 e. The number of hydrogen-bond acceptors (Lipinski definition) is 8. The third-order valence-corrected chi connectivity index (χ3v) is 3.84. The molecule has 0 bridgehead atoms. The van der Waals surface area contributed by atoms with Gasteiger partial charge in [0.05, 0.1) is 23.6 Å². The number of aliphatic hydroxyl groups is 2. The highest BCUT2D eigenvalue weighted by atomic mass is 16.6. The van der Waals surface area contributed by atoms with Crippen LogP contribution in [0.2, 0.25) is 0 Å². The van der Waals surface area contributed by atoms with Crippen LogP contribution in [0.4, 0.5) is 5.82 Å². The molecule has 3 rings (SSSR count). The molecule has 2 aromatic heterocycles. The fraction of sp³-hybridized carbons (Fsp3) is 0.417. The van der Waals surface area contributed by atoms with Gasteiger partial charge < -0.3 is 31.0 Å². The van der Waals surface area contributed by atoms with Crippen molar-refractivity contribution < 1.29 is 19.7 Å². The fourth-order valence-electron chi connectivity index (χ4n) is 2.72. The lowest BCUT2D eigenvalue weighted by Gasteiger charge is -2.17. The summed E-state index contributed by atoms with van der Waals surface area (Å²) < 4.78 is 6.90. The smallest absolute Gasteiger partial charge is 0.251 e. The topological polar surface area (TPSA) is 198 Å². The van der Waals surface area contributed by atoms with E-state index in [2.05, 4.69) is 20.0 Å². The molecule has 12 nitrogen and oxygen atoms in total. The molecule has 0 saturated carbocycles. The van der Waals surface area contributed by atoms with Gasteiger partial charge in [0.1, 0.15) is 30.0 Å². The minimum atomic E-state index is -1.34. The zero-order valence-corrected chi connectivity index (χ0v) is 12.2. The number of carbonyl (C=O) groups excluding carboxylic acids is 1. The van der Waals surface area contributed by atoms with Crippen molar-refractivity contribution in [3.8, 4) is 0 Å². The third kappa shape index (κ3) is 2.39. The monoisotopic (exact) mass is 334 g/mol. The first-order chi connectivity index (χ1) is 11.5. The van der Waals surface area contributed by atoms with E-state index in [0.29, 0.717) is 0 Å². The minimum absolute atomic E-state index is 0.0474. The van der Waals surface area contributed by atoms with Crippen LogP contribution >= 0.6 is 0 Å². The highest BCUT2D eigenvalue weighted by Crippen LogP contribution is 2.34. The van der Waals surface area contributed by atoms with Gasteiger partial charge in [0.15, 0.2) is 6.23 Å². The predicted octanol–water partition coefficient (Wildman–Crippen LogP) is -0.958. The highest BCUT2D eigenvalue weighted by Gasteiger charge is 2.44. The Morgan fingerprint density at radius 3 is 2.88 bits per heavy atom. The highest BCUT2D eigenvalue weighted by molar-refractivity contribution is 6.08. The van der Waals surface area contributed by atoms with Gasteiger partial charge >= 0.3 is 0 Å². The van der Waals surface area contributed by atoms with Crippen LogP contribution in [0.1, 0.15) is 16.6 Å². The number of anilines is 1. The van der Waals surface area contributed by atoms with Crippen LogP contribution in [0.3, 0.4) is 0 Å². The fourth-order valence-corrected chi connectivity index (χ4v) is 2.72. The van der Waals surface area contributed by atoms with Crippen molar-refractivity contribution in [2.24, 2.45) is 10.8 Å². The number of aromatic nitrogens is 3. The van der Waals surface area contributed by atoms with Crippen molar-refractivity contribution in [2.45, 2.75) is 24.5 Å². The first kappa shape index (κ1) is 16.0. The van der Waals surface area contributed by atoms with Gasteiger partial charge in [-0.1, -0.05) is 5.11 Å². The van der Waals surface area contributed by atoms with Gasteiger partial charge in [-0.25, -0.2) is 9.97 Å². The molecule has 6 N–H and O–H groups in total. The first-order valence-electron chi connectivity index (χ1n) is 6.89. The zero-order valence-electron chi connectivity index (χ0n) is 12.2. The molecule has 0 unspecified atom stereocenters. The van der Waals surface area contributed by atoms with Crippen LogP contribution in [0.5, 0.6) is 0 Å². The van der Waals surface area contributed by atoms with E-state index in [9.17, 15) is 15.0 Å². The molecule has 126 valence electrons. The average Bonchev–Trinajstić information content (AvgIpc) is 3.06. The van der Waals surface area contributed by atoms with Crippen molar-refractivity contribution in [3.63, 3.8) is 0 Å². The Bertz CT molecular complexity index is 845. The predicted molar refractivity (Wildman–Crippen MR) is 80.4 cm³/mol. The van der Waals surface area contributed by atoms with Gasteiger partial charge in [0, 0.05) is 11.1 Å². The molecule has 2 aromatic rings. The second-order valence-electron chi connectivity index (χ2n) is 5.23. The Morgan fingerprint density at radius 1 is 1.46 bits per heavy atom. The van der Waals surface area contributed by atoms with E-state index in [4.69, 9.17) is 21.7 Å². The van der Waals surface area contributed by atoms with E-state index in [1.54, 1.807) is 0 Å². The molecule has 3 heterocycles. The molecular weight excluding hydrogens is 320 g/mol. The van der Waals surface area contributed by atoms with E-state index in [-0.39, 0.29) is 29.0 Å². The second kappa shape index (κ2) is 5.94. The van der Waals surface area contributed by atoms with Crippen LogP contribution in [0, 0.1) is 0 Å². The molecule has 4 atom stereocenters. The number of amides is 1. The van der Waals surface area contributed by atoms with Crippen molar-refractivity contribution in [1.29, 1.82) is 0 Å². The van der Waals surface area contributed by atoms with Gasteiger partial charge in [-0.15, -0.1) is 0 Å². The molecule has 12 heteroatoms. The molecular formula is C12H14N8O4. The Balaban J connectivity index is 2.08. The number of ether oxygens (including phenoxy) is 1. The molecule has 0 aromatic carbocycles. The normalized spacial score (nSPS) is 26.4. The summed E-state index contributed by atoms with van der Waals surface area (Å²) in [5, 5.41) is 23.8. The maximum absolute atomic E-state index is 11.6. The van der Waals surface area contributed by atoms with Gasteiger partial charge in [-0.05, 0) is 5.53 Å². The number of aliphatic hydroxyl groups excluding tert-OH is 2. The summed E-state index contributed by atoms with van der Waals surface area (Å²) in [5.74, 6) is -0.704. The standard InChI is InChI=1S/C12H14N8O4/c13-9-6-4(10(14)23)2-20(11(6)17-3-16-9)12-8(22)7(21)5(24-12)1-18-19-15/h2-3,5,7-8,12,21-22H,1H2,(H2,14,23)(H2,13,16,17)/t5-,7-,8-,12-/m1/s1. The van der Waals surface area contributed by atoms with Crippen LogP contribution in [0.15, 0.2) is 17.6 Å². The molecule has 0 aliphatic carbocycles. The largest absolute Gasteiger partial charge is 0.388 e. The minimum Gasteiger partial charge on any atom is -0.388 e. The number of azide groups is 1. The van der Waals surface area contributed by atoms with Crippen molar-refractivity contribution in [3.05, 3.63) is 28.5 Å². The molecule has 0 spiro atoms. The summed E-state index contributed by atoms with van der Waals surface area (Å²) in [6.45, 7) is -0.162. The number of rotatable bonds is 4. The number of hydrogen-bond donors (Lipinski definition) is 4. The average molecular weight is 334 g/mol. The number of nitrogen functional groups attached to an aromatic ring is 1. The molecule has 1 amide bonds. The molecule has 1 saturated heterocycles. The van der Waals surface area contributed by atoms with Crippen LogP contribution < -0.4 is 11.5 Å². The SMILES string of the molecule is [N-]=[N+]=NC[C@H]1O[C@@H](n2cc(C(N)=O)c3c(N)ncnc32)[C@H](O)[C@@H]1O. The molecule has 1 fully saturated rings.